The zero-order valence-electron chi connectivity index (χ0n) is 10.3. The highest BCUT2D eigenvalue weighted by molar-refractivity contribution is 5.99. The van der Waals surface area contributed by atoms with Crippen LogP contribution in [0.2, 0.25) is 0 Å². The van der Waals surface area contributed by atoms with Crippen molar-refractivity contribution in [2.75, 3.05) is 5.73 Å². The van der Waals surface area contributed by atoms with Crippen molar-refractivity contribution < 1.29 is 9.90 Å². The average molecular weight is 254 g/mol. The van der Waals surface area contributed by atoms with Gasteiger partial charge in [0.1, 0.15) is 5.75 Å². The van der Waals surface area contributed by atoms with Crippen LogP contribution < -0.4 is 5.73 Å². The van der Waals surface area contributed by atoms with E-state index in [9.17, 15) is 9.90 Å². The maximum atomic E-state index is 12.2. The van der Waals surface area contributed by atoms with Gasteiger partial charge in [0.25, 0.3) is 5.91 Å². The van der Waals surface area contributed by atoms with Crippen molar-refractivity contribution in [1.29, 1.82) is 0 Å². The highest BCUT2D eigenvalue weighted by atomic mass is 16.3. The summed E-state index contributed by atoms with van der Waals surface area (Å²) in [6, 6.07) is 12.3. The molecule has 0 bridgehead atoms. The van der Waals surface area contributed by atoms with Crippen LogP contribution in [0.1, 0.15) is 21.5 Å². The third-order valence-corrected chi connectivity index (χ3v) is 3.32. The lowest BCUT2D eigenvalue weighted by molar-refractivity contribution is 0.0767. The van der Waals surface area contributed by atoms with E-state index in [1.165, 1.54) is 0 Å². The second-order valence-electron chi connectivity index (χ2n) is 4.74. The van der Waals surface area contributed by atoms with Gasteiger partial charge in [-0.2, -0.15) is 0 Å². The molecule has 96 valence electrons. The topological polar surface area (TPSA) is 66.6 Å². The summed E-state index contributed by atoms with van der Waals surface area (Å²) < 4.78 is 0. The first-order valence-electron chi connectivity index (χ1n) is 6.09. The quantitative estimate of drug-likeness (QED) is 0.807. The van der Waals surface area contributed by atoms with Crippen LogP contribution in [0.5, 0.6) is 5.75 Å². The van der Waals surface area contributed by atoms with Crippen LogP contribution >= 0.6 is 0 Å². The normalized spacial score (nSPS) is 13.7. The average Bonchev–Trinajstić information content (AvgIpc) is 2.70. The van der Waals surface area contributed by atoms with Gasteiger partial charge in [0.05, 0.1) is 0 Å². The molecule has 0 spiro atoms. The number of phenolic OH excluding ortho intramolecular Hbond substituents is 1. The smallest absolute Gasteiger partial charge is 0.254 e. The molecule has 0 aliphatic carbocycles. The number of carbonyl (C=O) groups excluding carboxylic acids is 1. The summed E-state index contributed by atoms with van der Waals surface area (Å²) in [5.41, 5.74) is 9.02. The highest BCUT2D eigenvalue weighted by Crippen LogP contribution is 2.26. The van der Waals surface area contributed by atoms with Crippen molar-refractivity contribution in [3.63, 3.8) is 0 Å². The first kappa shape index (κ1) is 11.6. The van der Waals surface area contributed by atoms with Gasteiger partial charge in [-0.05, 0) is 35.4 Å². The fourth-order valence-corrected chi connectivity index (χ4v) is 2.33. The lowest BCUT2D eigenvalue weighted by Gasteiger charge is -2.15. The molecule has 0 saturated carbocycles. The van der Waals surface area contributed by atoms with E-state index in [1.54, 1.807) is 23.1 Å². The maximum Gasteiger partial charge on any atom is 0.254 e. The molecule has 3 N–H and O–H groups in total. The van der Waals surface area contributed by atoms with Gasteiger partial charge in [0.15, 0.2) is 0 Å². The molecule has 0 saturated heterocycles. The number of fused-ring (bicyclic) bond motifs is 1. The summed E-state index contributed by atoms with van der Waals surface area (Å²) in [4.78, 5) is 14.0. The number of anilines is 1. The van der Waals surface area contributed by atoms with E-state index in [-0.39, 0.29) is 11.7 Å². The Morgan fingerprint density at radius 3 is 2.63 bits per heavy atom. The lowest BCUT2D eigenvalue weighted by Crippen LogP contribution is -2.23. The fourth-order valence-electron chi connectivity index (χ4n) is 2.33. The molecule has 1 heterocycles. The molecule has 1 amide bonds. The van der Waals surface area contributed by atoms with Crippen molar-refractivity contribution in [2.45, 2.75) is 13.1 Å². The van der Waals surface area contributed by atoms with Crippen LogP contribution in [-0.4, -0.2) is 15.9 Å². The number of nitrogen functional groups attached to an aromatic ring is 1. The molecule has 4 heteroatoms. The monoisotopic (exact) mass is 254 g/mol. The molecule has 0 aromatic heterocycles. The molecule has 2 aromatic rings. The number of carbonyl (C=O) groups is 1. The number of nitrogens with two attached hydrogens (primary N) is 1. The molecule has 0 radical (unpaired) electrons. The van der Waals surface area contributed by atoms with Crippen molar-refractivity contribution in [1.82, 2.24) is 4.90 Å². The molecule has 1 aliphatic heterocycles. The van der Waals surface area contributed by atoms with Crippen LogP contribution in [0.25, 0.3) is 0 Å². The number of amides is 1. The Hall–Kier alpha value is -2.49. The number of benzene rings is 2. The first-order valence-corrected chi connectivity index (χ1v) is 6.09. The zero-order valence-corrected chi connectivity index (χ0v) is 10.3. The Balaban J connectivity index is 1.82. The van der Waals surface area contributed by atoms with Crippen molar-refractivity contribution in [3.05, 3.63) is 59.2 Å². The zero-order chi connectivity index (χ0) is 13.4. The fraction of sp³-hybridized carbons (Fsp3) is 0.133. The Morgan fingerprint density at radius 2 is 1.89 bits per heavy atom. The standard InChI is InChI=1S/C15H14N2O2/c16-12-4-3-11-9-17(15(19)14(11)7-12)8-10-1-5-13(18)6-2-10/h1-7,18H,8-9,16H2. The van der Waals surface area contributed by atoms with Gasteiger partial charge in [-0.15, -0.1) is 0 Å². The third-order valence-electron chi connectivity index (χ3n) is 3.32. The summed E-state index contributed by atoms with van der Waals surface area (Å²) in [6.07, 6.45) is 0. The Kier molecular flexibility index (Phi) is 2.63. The molecule has 4 nitrogen and oxygen atoms in total. The molecule has 3 rings (SSSR count). The number of aromatic hydroxyl groups is 1. The predicted molar refractivity (Wildman–Crippen MR) is 72.5 cm³/mol. The second kappa shape index (κ2) is 4.31. The number of hydrogen-bond donors (Lipinski definition) is 2. The summed E-state index contributed by atoms with van der Waals surface area (Å²) in [6.45, 7) is 1.14. The highest BCUT2D eigenvalue weighted by Gasteiger charge is 2.27. The van der Waals surface area contributed by atoms with Gasteiger partial charge in [0, 0.05) is 24.3 Å². The Morgan fingerprint density at radius 1 is 1.16 bits per heavy atom. The molecule has 0 atom stereocenters. The van der Waals surface area contributed by atoms with Gasteiger partial charge >= 0.3 is 0 Å². The van der Waals surface area contributed by atoms with E-state index in [0.717, 1.165) is 11.1 Å². The summed E-state index contributed by atoms with van der Waals surface area (Å²) in [5.74, 6) is 0.239. The van der Waals surface area contributed by atoms with Crippen LogP contribution in [-0.2, 0) is 13.1 Å². The van der Waals surface area contributed by atoms with Crippen molar-refractivity contribution >= 4 is 11.6 Å². The van der Waals surface area contributed by atoms with Crippen LogP contribution in [0.15, 0.2) is 42.5 Å². The van der Waals surface area contributed by atoms with Crippen LogP contribution in [0.4, 0.5) is 5.69 Å². The molecule has 1 aliphatic rings. The minimum absolute atomic E-state index is 0.00961. The number of rotatable bonds is 2. The summed E-state index contributed by atoms with van der Waals surface area (Å²) in [7, 11) is 0. The molecular weight excluding hydrogens is 240 g/mol. The van der Waals surface area contributed by atoms with Gasteiger partial charge in [-0.1, -0.05) is 18.2 Å². The predicted octanol–water partition coefficient (Wildman–Crippen LogP) is 2.13. The molecular formula is C15H14N2O2. The summed E-state index contributed by atoms with van der Waals surface area (Å²) in [5, 5.41) is 9.25. The van der Waals surface area contributed by atoms with Crippen molar-refractivity contribution in [2.24, 2.45) is 0 Å². The van der Waals surface area contributed by atoms with Crippen LogP contribution in [0.3, 0.4) is 0 Å². The van der Waals surface area contributed by atoms with E-state index in [4.69, 9.17) is 5.73 Å². The maximum absolute atomic E-state index is 12.2. The molecule has 0 fully saturated rings. The Labute approximate surface area is 111 Å². The van der Waals surface area contributed by atoms with E-state index >= 15 is 0 Å². The largest absolute Gasteiger partial charge is 0.508 e. The number of phenols is 1. The minimum atomic E-state index is 0.00961. The Bertz CT molecular complexity index is 635. The van der Waals surface area contributed by atoms with Gasteiger partial charge in [0.2, 0.25) is 0 Å². The number of hydrogen-bond acceptors (Lipinski definition) is 3. The first-order chi connectivity index (χ1) is 9.13. The van der Waals surface area contributed by atoms with Gasteiger partial charge < -0.3 is 15.7 Å². The van der Waals surface area contributed by atoms with E-state index in [0.29, 0.717) is 24.3 Å². The van der Waals surface area contributed by atoms with E-state index in [2.05, 4.69) is 0 Å². The van der Waals surface area contributed by atoms with E-state index < -0.39 is 0 Å². The lowest BCUT2D eigenvalue weighted by atomic mass is 10.1. The molecule has 2 aromatic carbocycles. The second-order valence-corrected chi connectivity index (χ2v) is 4.74. The third kappa shape index (κ3) is 2.12. The van der Waals surface area contributed by atoms with E-state index in [1.807, 2.05) is 24.3 Å². The molecule has 19 heavy (non-hydrogen) atoms. The van der Waals surface area contributed by atoms with Gasteiger partial charge in [-0.3, -0.25) is 4.79 Å². The molecule has 0 unspecified atom stereocenters. The summed E-state index contributed by atoms with van der Waals surface area (Å²) >= 11 is 0. The van der Waals surface area contributed by atoms with Gasteiger partial charge in [-0.25, -0.2) is 0 Å². The SMILES string of the molecule is Nc1ccc2c(c1)C(=O)N(Cc1ccc(O)cc1)C2. The van der Waals surface area contributed by atoms with Crippen molar-refractivity contribution in [3.8, 4) is 5.75 Å². The number of nitrogens with zero attached hydrogens (tertiary/aromatic N) is 1. The minimum Gasteiger partial charge on any atom is -0.508 e. The van der Waals surface area contributed by atoms with Crippen LogP contribution in [0, 0.1) is 0 Å².